The zero-order chi connectivity index (χ0) is 11.1. The molecule has 0 aliphatic carbocycles. The van der Waals surface area contributed by atoms with Crippen LogP contribution < -0.4 is 5.32 Å². The highest BCUT2D eigenvalue weighted by molar-refractivity contribution is 7.98. The molecule has 4 nitrogen and oxygen atoms in total. The maximum atomic E-state index is 12.2. The van der Waals surface area contributed by atoms with Crippen LogP contribution in [0.25, 0.3) is 0 Å². The van der Waals surface area contributed by atoms with Crippen molar-refractivity contribution in [2.24, 2.45) is 0 Å². The molecule has 80 valence electrons. The van der Waals surface area contributed by atoms with Crippen molar-refractivity contribution in [3.8, 4) is 0 Å². The van der Waals surface area contributed by atoms with E-state index in [1.807, 2.05) is 11.6 Å². The number of hydrogen-bond acceptors (Lipinski definition) is 3. The fraction of sp³-hybridized carbons (Fsp3) is 0.500. The number of halogens is 1. The molecule has 0 rings (SSSR count). The van der Waals surface area contributed by atoms with Crippen molar-refractivity contribution < 1.29 is 19.1 Å². The van der Waals surface area contributed by atoms with Crippen molar-refractivity contribution in [2.75, 3.05) is 12.0 Å². The molecule has 0 aromatic rings. The molecule has 0 saturated carbocycles. The fourth-order valence-corrected chi connectivity index (χ4v) is 1.20. The molecule has 0 bridgehead atoms. The Bertz CT molecular complexity index is 245. The third-order valence-corrected chi connectivity index (χ3v) is 2.10. The summed E-state index contributed by atoms with van der Waals surface area (Å²) in [5, 5.41) is 10.7. The van der Waals surface area contributed by atoms with Crippen molar-refractivity contribution in [3.63, 3.8) is 0 Å². The molecule has 0 spiro atoms. The molecule has 1 atom stereocenters. The highest BCUT2D eigenvalue weighted by Gasteiger charge is 2.20. The van der Waals surface area contributed by atoms with Gasteiger partial charge in [0, 0.05) is 0 Å². The number of hydrogen-bond donors (Lipinski definition) is 2. The molecule has 0 heterocycles. The number of carbonyl (C=O) groups excluding carboxylic acids is 1. The topological polar surface area (TPSA) is 66.4 Å². The minimum absolute atomic E-state index is 0.259. The van der Waals surface area contributed by atoms with Crippen molar-refractivity contribution in [3.05, 3.63) is 12.4 Å². The second-order valence-corrected chi connectivity index (χ2v) is 3.54. The lowest BCUT2D eigenvalue weighted by Crippen LogP contribution is -2.41. The number of rotatable bonds is 6. The Morgan fingerprint density at radius 2 is 2.21 bits per heavy atom. The smallest absolute Gasteiger partial charge is 0.326 e. The van der Waals surface area contributed by atoms with Gasteiger partial charge in [-0.3, -0.25) is 4.79 Å². The van der Waals surface area contributed by atoms with E-state index in [0.717, 1.165) is 0 Å². The van der Waals surface area contributed by atoms with Gasteiger partial charge in [0.15, 0.2) is 5.83 Å². The number of carboxylic acids is 1. The summed E-state index contributed by atoms with van der Waals surface area (Å²) in [4.78, 5) is 21.4. The highest BCUT2D eigenvalue weighted by Crippen LogP contribution is 2.02. The third kappa shape index (κ3) is 4.86. The lowest BCUT2D eigenvalue weighted by atomic mass is 10.2. The Balaban J connectivity index is 4.16. The first-order valence-corrected chi connectivity index (χ1v) is 5.25. The molecule has 0 aromatic heterocycles. The molecule has 6 heteroatoms. The molecule has 0 aliphatic heterocycles. The van der Waals surface area contributed by atoms with Gasteiger partial charge in [-0.25, -0.2) is 9.18 Å². The van der Waals surface area contributed by atoms with Crippen LogP contribution in [0.1, 0.15) is 6.42 Å². The molecule has 0 radical (unpaired) electrons. The van der Waals surface area contributed by atoms with Crippen LogP contribution in [0.3, 0.4) is 0 Å². The highest BCUT2D eigenvalue weighted by atomic mass is 32.2. The van der Waals surface area contributed by atoms with E-state index >= 15 is 0 Å². The molecule has 2 N–H and O–H groups in total. The van der Waals surface area contributed by atoms with E-state index in [9.17, 15) is 14.0 Å². The zero-order valence-electron chi connectivity index (χ0n) is 7.75. The van der Waals surface area contributed by atoms with Crippen LogP contribution in [0.15, 0.2) is 12.4 Å². The molecule has 0 saturated heterocycles. The SMILES string of the molecule is C=C(F)C(=O)N[C@@H](CCSC)C(=O)O. The Labute approximate surface area is 85.6 Å². The summed E-state index contributed by atoms with van der Waals surface area (Å²) in [6.07, 6.45) is 2.07. The Morgan fingerprint density at radius 3 is 2.57 bits per heavy atom. The number of carboxylic acid groups (broad SMARTS) is 1. The van der Waals surface area contributed by atoms with Gasteiger partial charge in [-0.2, -0.15) is 11.8 Å². The number of aliphatic carboxylic acids is 1. The predicted molar refractivity (Wildman–Crippen MR) is 52.8 cm³/mol. The zero-order valence-corrected chi connectivity index (χ0v) is 8.57. The van der Waals surface area contributed by atoms with Crippen LogP contribution in [0.4, 0.5) is 4.39 Å². The number of amides is 1. The number of carbonyl (C=O) groups is 2. The summed E-state index contributed by atoms with van der Waals surface area (Å²) in [5.41, 5.74) is 0. The lowest BCUT2D eigenvalue weighted by molar-refractivity contribution is -0.141. The summed E-state index contributed by atoms with van der Waals surface area (Å²) < 4.78 is 12.2. The molecular weight excluding hydrogens is 209 g/mol. The van der Waals surface area contributed by atoms with E-state index in [-0.39, 0.29) is 6.42 Å². The minimum atomic E-state index is -1.18. The van der Waals surface area contributed by atoms with Gasteiger partial charge < -0.3 is 10.4 Å². The Kier molecular flexibility index (Phi) is 5.94. The van der Waals surface area contributed by atoms with E-state index in [0.29, 0.717) is 5.75 Å². The van der Waals surface area contributed by atoms with Crippen LogP contribution in [0.5, 0.6) is 0 Å². The molecule has 0 aromatic carbocycles. The van der Waals surface area contributed by atoms with Gasteiger partial charge in [-0.15, -0.1) is 0 Å². The standard InChI is InChI=1S/C8H12FNO3S/c1-5(9)7(11)10-6(8(12)13)3-4-14-2/h6H,1,3-4H2,2H3,(H,10,11)(H,12,13)/t6-/m0/s1. The van der Waals surface area contributed by atoms with Crippen LogP contribution in [0.2, 0.25) is 0 Å². The maximum Gasteiger partial charge on any atom is 0.326 e. The summed E-state index contributed by atoms with van der Waals surface area (Å²) >= 11 is 1.45. The van der Waals surface area contributed by atoms with Gasteiger partial charge in [0.2, 0.25) is 0 Å². The van der Waals surface area contributed by atoms with Gasteiger partial charge in [-0.1, -0.05) is 6.58 Å². The van der Waals surface area contributed by atoms with Gasteiger partial charge >= 0.3 is 5.97 Å². The van der Waals surface area contributed by atoms with Crippen molar-refractivity contribution in [1.82, 2.24) is 5.32 Å². The molecule has 14 heavy (non-hydrogen) atoms. The van der Waals surface area contributed by atoms with E-state index < -0.39 is 23.7 Å². The summed E-state index contributed by atoms with van der Waals surface area (Å²) in [6, 6.07) is -1.05. The Morgan fingerprint density at radius 1 is 1.64 bits per heavy atom. The molecule has 0 fully saturated rings. The lowest BCUT2D eigenvalue weighted by Gasteiger charge is -2.12. The van der Waals surface area contributed by atoms with Gasteiger partial charge in [-0.05, 0) is 18.4 Å². The predicted octanol–water partition coefficient (Wildman–Crippen LogP) is 0.792. The van der Waals surface area contributed by atoms with Crippen LogP contribution in [0, 0.1) is 0 Å². The van der Waals surface area contributed by atoms with E-state index in [2.05, 4.69) is 6.58 Å². The van der Waals surface area contributed by atoms with Crippen molar-refractivity contribution >= 4 is 23.6 Å². The first-order valence-electron chi connectivity index (χ1n) is 3.86. The Hall–Kier alpha value is -1.04. The van der Waals surface area contributed by atoms with Crippen molar-refractivity contribution in [2.45, 2.75) is 12.5 Å². The van der Waals surface area contributed by atoms with E-state index in [1.165, 1.54) is 11.8 Å². The van der Waals surface area contributed by atoms with E-state index in [1.54, 1.807) is 0 Å². The summed E-state index contributed by atoms with van der Waals surface area (Å²) in [6.45, 7) is 2.77. The summed E-state index contributed by atoms with van der Waals surface area (Å²) in [7, 11) is 0. The largest absolute Gasteiger partial charge is 0.480 e. The third-order valence-electron chi connectivity index (χ3n) is 1.46. The number of thioether (sulfide) groups is 1. The molecule has 1 amide bonds. The molecule has 0 aliphatic rings. The van der Waals surface area contributed by atoms with Gasteiger partial charge in [0.1, 0.15) is 6.04 Å². The molecular formula is C8H12FNO3S. The summed E-state index contributed by atoms with van der Waals surface area (Å²) in [5.74, 6) is -2.84. The quantitative estimate of drug-likeness (QED) is 0.651. The van der Waals surface area contributed by atoms with E-state index in [4.69, 9.17) is 5.11 Å². The average molecular weight is 221 g/mol. The fourth-order valence-electron chi connectivity index (χ4n) is 0.730. The monoisotopic (exact) mass is 221 g/mol. The van der Waals surface area contributed by atoms with Crippen LogP contribution >= 0.6 is 11.8 Å². The second kappa shape index (κ2) is 6.42. The van der Waals surface area contributed by atoms with Gasteiger partial charge in [0.05, 0.1) is 0 Å². The average Bonchev–Trinajstić information content (AvgIpc) is 2.10. The maximum absolute atomic E-state index is 12.2. The first kappa shape index (κ1) is 13.0. The first-order chi connectivity index (χ1) is 6.49. The van der Waals surface area contributed by atoms with Crippen LogP contribution in [-0.4, -0.2) is 35.0 Å². The van der Waals surface area contributed by atoms with Crippen LogP contribution in [-0.2, 0) is 9.59 Å². The normalized spacial score (nSPS) is 11.9. The molecule has 0 unspecified atom stereocenters. The number of nitrogens with one attached hydrogen (secondary N) is 1. The minimum Gasteiger partial charge on any atom is -0.480 e. The second-order valence-electron chi connectivity index (χ2n) is 2.55. The van der Waals surface area contributed by atoms with Gasteiger partial charge in [0.25, 0.3) is 5.91 Å². The van der Waals surface area contributed by atoms with Crippen molar-refractivity contribution in [1.29, 1.82) is 0 Å².